The molecule has 0 atom stereocenters. The Hall–Kier alpha value is -2.56. The number of rotatable bonds is 8. The Morgan fingerprint density at radius 1 is 0.889 bits per heavy atom. The molecular formula is C22H21ClFNO2. The van der Waals surface area contributed by atoms with Crippen molar-refractivity contribution in [2.75, 3.05) is 7.11 Å². The van der Waals surface area contributed by atoms with E-state index in [9.17, 15) is 4.39 Å². The molecule has 0 saturated carbocycles. The van der Waals surface area contributed by atoms with Crippen molar-refractivity contribution in [1.29, 1.82) is 0 Å². The van der Waals surface area contributed by atoms with Gasteiger partial charge in [0.1, 0.15) is 23.9 Å². The molecule has 1 N–H and O–H groups in total. The average Bonchev–Trinajstić information content (AvgIpc) is 2.69. The van der Waals surface area contributed by atoms with Crippen molar-refractivity contribution in [2.24, 2.45) is 0 Å². The van der Waals surface area contributed by atoms with Gasteiger partial charge in [0, 0.05) is 23.7 Å². The minimum absolute atomic E-state index is 0.256. The minimum Gasteiger partial charge on any atom is -0.497 e. The Kier molecular flexibility index (Phi) is 6.69. The van der Waals surface area contributed by atoms with Crippen LogP contribution in [0.15, 0.2) is 66.7 Å². The second-order valence-electron chi connectivity index (χ2n) is 6.12. The summed E-state index contributed by atoms with van der Waals surface area (Å²) in [6, 6.07) is 19.8. The Bertz CT molecular complexity index is 866. The fraction of sp³-hybridized carbons (Fsp3) is 0.182. The van der Waals surface area contributed by atoms with Crippen LogP contribution in [-0.2, 0) is 19.7 Å². The fourth-order valence-electron chi connectivity index (χ4n) is 2.65. The van der Waals surface area contributed by atoms with Crippen LogP contribution in [0.5, 0.6) is 11.5 Å². The van der Waals surface area contributed by atoms with Crippen LogP contribution in [0, 0.1) is 5.82 Å². The molecule has 0 bridgehead atoms. The van der Waals surface area contributed by atoms with E-state index in [1.54, 1.807) is 25.3 Å². The molecule has 0 aliphatic heterocycles. The molecule has 140 valence electrons. The van der Waals surface area contributed by atoms with Crippen LogP contribution in [-0.4, -0.2) is 7.11 Å². The highest BCUT2D eigenvalue weighted by molar-refractivity contribution is 6.30. The van der Waals surface area contributed by atoms with Gasteiger partial charge < -0.3 is 14.8 Å². The maximum atomic E-state index is 13.0. The van der Waals surface area contributed by atoms with E-state index >= 15 is 0 Å². The van der Waals surface area contributed by atoms with E-state index in [-0.39, 0.29) is 5.82 Å². The summed E-state index contributed by atoms with van der Waals surface area (Å²) < 4.78 is 24.1. The molecule has 3 aromatic rings. The molecule has 27 heavy (non-hydrogen) atoms. The second-order valence-corrected chi connectivity index (χ2v) is 6.56. The van der Waals surface area contributed by atoms with Crippen molar-refractivity contribution in [3.63, 3.8) is 0 Å². The van der Waals surface area contributed by atoms with Crippen LogP contribution < -0.4 is 14.8 Å². The number of methoxy groups -OCH3 is 1. The fourth-order valence-corrected chi connectivity index (χ4v) is 2.85. The molecule has 0 saturated heterocycles. The van der Waals surface area contributed by atoms with Gasteiger partial charge in [0.15, 0.2) is 0 Å². The largest absolute Gasteiger partial charge is 0.497 e. The molecule has 0 aliphatic rings. The van der Waals surface area contributed by atoms with E-state index in [1.807, 2.05) is 36.4 Å². The highest BCUT2D eigenvalue weighted by atomic mass is 35.5. The zero-order valence-electron chi connectivity index (χ0n) is 15.0. The second kappa shape index (κ2) is 9.40. The van der Waals surface area contributed by atoms with Gasteiger partial charge in [-0.3, -0.25) is 0 Å². The lowest BCUT2D eigenvalue weighted by molar-refractivity contribution is 0.302. The SMILES string of the molecule is COc1ccc(CNCc2cc(Cl)ccc2OCc2ccc(F)cc2)cc1. The van der Waals surface area contributed by atoms with Crippen LogP contribution >= 0.6 is 11.6 Å². The third kappa shape index (κ3) is 5.71. The monoisotopic (exact) mass is 385 g/mol. The zero-order valence-corrected chi connectivity index (χ0v) is 15.8. The van der Waals surface area contributed by atoms with Gasteiger partial charge in [-0.05, 0) is 53.6 Å². The van der Waals surface area contributed by atoms with Gasteiger partial charge in [0.05, 0.1) is 7.11 Å². The summed E-state index contributed by atoms with van der Waals surface area (Å²) in [5, 5.41) is 4.06. The van der Waals surface area contributed by atoms with E-state index in [0.29, 0.717) is 24.7 Å². The molecule has 5 heteroatoms. The van der Waals surface area contributed by atoms with E-state index in [1.165, 1.54) is 12.1 Å². The summed E-state index contributed by atoms with van der Waals surface area (Å²) in [7, 11) is 1.65. The first-order chi connectivity index (χ1) is 13.1. The normalized spacial score (nSPS) is 10.6. The number of nitrogens with one attached hydrogen (secondary N) is 1. The molecule has 0 amide bonds. The molecule has 0 radical (unpaired) electrons. The van der Waals surface area contributed by atoms with Gasteiger partial charge >= 0.3 is 0 Å². The number of halogens is 2. The Morgan fingerprint density at radius 2 is 1.59 bits per heavy atom. The van der Waals surface area contributed by atoms with E-state index in [4.69, 9.17) is 21.1 Å². The predicted octanol–water partition coefficient (Wildman–Crippen LogP) is 5.36. The Balaban J connectivity index is 1.60. The van der Waals surface area contributed by atoms with E-state index in [0.717, 1.165) is 28.2 Å². The minimum atomic E-state index is -0.256. The van der Waals surface area contributed by atoms with Gasteiger partial charge in [0.2, 0.25) is 0 Å². The molecule has 0 heterocycles. The summed E-state index contributed by atoms with van der Waals surface area (Å²) in [5.74, 6) is 1.34. The van der Waals surface area contributed by atoms with Crippen LogP contribution in [0.25, 0.3) is 0 Å². The van der Waals surface area contributed by atoms with Crippen LogP contribution in [0.4, 0.5) is 4.39 Å². The lowest BCUT2D eigenvalue weighted by Gasteiger charge is -2.13. The molecular weight excluding hydrogens is 365 g/mol. The highest BCUT2D eigenvalue weighted by Gasteiger charge is 2.06. The van der Waals surface area contributed by atoms with Crippen molar-refractivity contribution in [3.05, 3.63) is 94.3 Å². The third-order valence-electron chi connectivity index (χ3n) is 4.13. The van der Waals surface area contributed by atoms with Crippen LogP contribution in [0.3, 0.4) is 0 Å². The summed E-state index contributed by atoms with van der Waals surface area (Å²) in [5.41, 5.74) is 3.04. The molecule has 0 aliphatic carbocycles. The number of hydrogen-bond donors (Lipinski definition) is 1. The first kappa shape index (κ1) is 19.2. The zero-order chi connectivity index (χ0) is 19.1. The molecule has 3 nitrogen and oxygen atoms in total. The highest BCUT2D eigenvalue weighted by Crippen LogP contribution is 2.24. The van der Waals surface area contributed by atoms with Crippen LogP contribution in [0.1, 0.15) is 16.7 Å². The Morgan fingerprint density at radius 3 is 2.30 bits per heavy atom. The van der Waals surface area contributed by atoms with Crippen molar-refractivity contribution >= 4 is 11.6 Å². The van der Waals surface area contributed by atoms with E-state index < -0.39 is 0 Å². The number of ether oxygens (including phenoxy) is 2. The molecule has 0 fully saturated rings. The summed E-state index contributed by atoms with van der Waals surface area (Å²) in [4.78, 5) is 0. The van der Waals surface area contributed by atoms with Crippen LogP contribution in [0.2, 0.25) is 5.02 Å². The smallest absolute Gasteiger partial charge is 0.124 e. The summed E-state index contributed by atoms with van der Waals surface area (Å²) in [6.45, 7) is 1.70. The van der Waals surface area contributed by atoms with Crippen molar-refractivity contribution in [1.82, 2.24) is 5.32 Å². The van der Waals surface area contributed by atoms with Gasteiger partial charge in [-0.1, -0.05) is 35.9 Å². The first-order valence-electron chi connectivity index (χ1n) is 8.63. The molecule has 0 unspecified atom stereocenters. The van der Waals surface area contributed by atoms with Gasteiger partial charge in [-0.25, -0.2) is 4.39 Å². The number of benzene rings is 3. The topological polar surface area (TPSA) is 30.5 Å². The van der Waals surface area contributed by atoms with Gasteiger partial charge in [0.25, 0.3) is 0 Å². The van der Waals surface area contributed by atoms with Crippen molar-refractivity contribution in [2.45, 2.75) is 19.7 Å². The maximum Gasteiger partial charge on any atom is 0.124 e. The van der Waals surface area contributed by atoms with E-state index in [2.05, 4.69) is 5.32 Å². The molecule has 0 spiro atoms. The average molecular weight is 386 g/mol. The van der Waals surface area contributed by atoms with Gasteiger partial charge in [-0.15, -0.1) is 0 Å². The molecule has 0 aromatic heterocycles. The summed E-state index contributed by atoms with van der Waals surface area (Å²) >= 11 is 6.14. The quantitative estimate of drug-likeness (QED) is 0.566. The maximum absolute atomic E-state index is 13.0. The number of hydrogen-bond acceptors (Lipinski definition) is 3. The molecule has 3 rings (SSSR count). The van der Waals surface area contributed by atoms with Crippen molar-refractivity contribution in [3.8, 4) is 11.5 Å². The Labute approximate surface area is 163 Å². The van der Waals surface area contributed by atoms with Crippen molar-refractivity contribution < 1.29 is 13.9 Å². The lowest BCUT2D eigenvalue weighted by atomic mass is 10.1. The third-order valence-corrected chi connectivity index (χ3v) is 4.37. The first-order valence-corrected chi connectivity index (χ1v) is 9.01. The lowest BCUT2D eigenvalue weighted by Crippen LogP contribution is -2.13. The molecule has 3 aromatic carbocycles. The summed E-state index contributed by atoms with van der Waals surface area (Å²) in [6.07, 6.45) is 0. The van der Waals surface area contributed by atoms with Gasteiger partial charge in [-0.2, -0.15) is 0 Å². The standard InChI is InChI=1S/C22H21ClFNO2/c1-26-21-9-4-16(5-10-21)13-25-14-18-12-19(23)6-11-22(18)27-15-17-2-7-20(24)8-3-17/h2-12,25H,13-15H2,1H3. The predicted molar refractivity (Wildman–Crippen MR) is 106 cm³/mol.